The van der Waals surface area contributed by atoms with E-state index in [2.05, 4.69) is 196 Å². The van der Waals surface area contributed by atoms with Gasteiger partial charge in [0.05, 0.1) is 5.71 Å². The van der Waals surface area contributed by atoms with Crippen LogP contribution in [0.3, 0.4) is 0 Å². The first-order valence-electron chi connectivity index (χ1n) is 20.3. The van der Waals surface area contributed by atoms with Gasteiger partial charge in [0, 0.05) is 16.5 Å². The maximum absolute atomic E-state index is 9.10. The molecule has 10 rings (SSSR count). The van der Waals surface area contributed by atoms with Crippen molar-refractivity contribution >= 4 is 39.2 Å². The molecule has 0 bridgehead atoms. The van der Waals surface area contributed by atoms with Crippen LogP contribution in [0.1, 0.15) is 41.7 Å². The molecule has 1 aliphatic carbocycles. The zero-order chi connectivity index (χ0) is 39.9. The van der Waals surface area contributed by atoms with E-state index in [9.17, 15) is 0 Å². The van der Waals surface area contributed by atoms with Gasteiger partial charge in [-0.05, 0) is 101 Å². The van der Waals surface area contributed by atoms with E-state index in [0.717, 1.165) is 38.9 Å². The second-order valence-corrected chi connectivity index (χ2v) is 15.9. The van der Waals surface area contributed by atoms with Crippen LogP contribution in [0.5, 0.6) is 0 Å². The Hall–Kier alpha value is -7.42. The fourth-order valence-electron chi connectivity index (χ4n) is 9.01. The molecule has 9 aromatic rings. The maximum Gasteiger partial charge on any atom is 0.152 e. The van der Waals surface area contributed by atoms with Gasteiger partial charge in [0.25, 0.3) is 0 Å². The minimum absolute atomic E-state index is 0.0521. The smallest absolute Gasteiger partial charge is 0.152 e. The quantitative estimate of drug-likeness (QED) is 0.124. The lowest BCUT2D eigenvalue weighted by atomic mass is 9.81. The molecular formula is C57H42N2. The number of benzene rings is 9. The predicted octanol–water partition coefficient (Wildman–Crippen LogP) is 14.8. The Bertz CT molecular complexity index is 3140. The van der Waals surface area contributed by atoms with Gasteiger partial charge in [-0.15, -0.1) is 0 Å². The number of nitrogens with zero attached hydrogens (tertiary/aromatic N) is 1. The molecule has 2 heteroatoms. The molecule has 0 amide bonds. The summed E-state index contributed by atoms with van der Waals surface area (Å²) in [6, 6.07) is 71.0. The van der Waals surface area contributed by atoms with Crippen molar-refractivity contribution in [2.75, 3.05) is 0 Å². The van der Waals surface area contributed by atoms with Crippen LogP contribution < -0.4 is 0 Å². The van der Waals surface area contributed by atoms with E-state index >= 15 is 0 Å². The lowest BCUT2D eigenvalue weighted by molar-refractivity contribution is 0.660. The Morgan fingerprint density at radius 3 is 1.93 bits per heavy atom. The Morgan fingerprint density at radius 2 is 1.07 bits per heavy atom. The zero-order valence-corrected chi connectivity index (χ0v) is 33.2. The standard InChI is InChI=1S/C57H42N2/c1-57(2)53-29-13-12-26-50(53)51-34-31-42(37-54(51)57)41-20-14-21-43(36-41)46-33-30-39(45-23-8-9-24-47(45)46)32-35-55(59-56(58)40-17-4-3-5-18-40)52-27-11-10-25-49(52)48-28-15-19-38-16-6-7-22-44(38)48/h3-37,58H,1-2H3/b35-32+,58-56?,59-55?. The highest BCUT2D eigenvalue weighted by Crippen LogP contribution is 2.49. The van der Waals surface area contributed by atoms with E-state index in [1.54, 1.807) is 0 Å². The Kier molecular flexibility index (Phi) is 9.03. The van der Waals surface area contributed by atoms with Crippen LogP contribution in [0.2, 0.25) is 0 Å². The molecular weight excluding hydrogens is 713 g/mol. The molecule has 0 aliphatic heterocycles. The maximum atomic E-state index is 9.10. The Morgan fingerprint density at radius 1 is 0.458 bits per heavy atom. The molecule has 0 spiro atoms. The monoisotopic (exact) mass is 754 g/mol. The highest BCUT2D eigenvalue weighted by molar-refractivity contribution is 6.21. The summed E-state index contributed by atoms with van der Waals surface area (Å²) in [5.74, 6) is 0.217. The lowest BCUT2D eigenvalue weighted by Gasteiger charge is -2.22. The second kappa shape index (κ2) is 14.8. The van der Waals surface area contributed by atoms with Crippen molar-refractivity contribution in [1.82, 2.24) is 0 Å². The fourth-order valence-corrected chi connectivity index (χ4v) is 9.01. The molecule has 1 aliphatic rings. The number of rotatable bonds is 7. The molecule has 0 aromatic heterocycles. The molecule has 0 heterocycles. The van der Waals surface area contributed by atoms with Crippen LogP contribution in [0, 0.1) is 5.41 Å². The summed E-state index contributed by atoms with van der Waals surface area (Å²) in [6.45, 7) is 4.68. The number of aliphatic imine (C=N–C) groups is 1. The van der Waals surface area contributed by atoms with Gasteiger partial charge >= 0.3 is 0 Å². The van der Waals surface area contributed by atoms with Crippen LogP contribution in [-0.4, -0.2) is 11.5 Å². The van der Waals surface area contributed by atoms with E-state index in [1.807, 2.05) is 30.3 Å². The summed E-state index contributed by atoms with van der Waals surface area (Å²) >= 11 is 0. The minimum atomic E-state index is -0.0521. The van der Waals surface area contributed by atoms with Gasteiger partial charge in [0.2, 0.25) is 0 Å². The summed E-state index contributed by atoms with van der Waals surface area (Å²) in [5, 5.41) is 13.8. The number of hydrogen-bond acceptors (Lipinski definition) is 1. The minimum Gasteiger partial charge on any atom is -0.282 e. The van der Waals surface area contributed by atoms with E-state index in [-0.39, 0.29) is 11.3 Å². The van der Waals surface area contributed by atoms with Gasteiger partial charge in [-0.2, -0.15) is 0 Å². The fraction of sp³-hybridized carbons (Fsp3) is 0.0526. The van der Waals surface area contributed by atoms with E-state index in [1.165, 1.54) is 60.7 Å². The molecule has 0 unspecified atom stereocenters. The van der Waals surface area contributed by atoms with E-state index in [4.69, 9.17) is 10.4 Å². The molecule has 0 fully saturated rings. The number of hydrogen-bond donors (Lipinski definition) is 1. The summed E-state index contributed by atoms with van der Waals surface area (Å²) in [7, 11) is 0. The Labute approximate surface area is 346 Å². The third-order valence-corrected chi connectivity index (χ3v) is 12.0. The van der Waals surface area contributed by atoms with E-state index in [0.29, 0.717) is 0 Å². The molecule has 280 valence electrons. The molecule has 0 saturated carbocycles. The summed E-state index contributed by atoms with van der Waals surface area (Å²) in [6.07, 6.45) is 4.24. The largest absolute Gasteiger partial charge is 0.282 e. The van der Waals surface area contributed by atoms with Gasteiger partial charge in [-0.25, -0.2) is 4.99 Å². The normalized spacial score (nSPS) is 13.2. The lowest BCUT2D eigenvalue weighted by Crippen LogP contribution is -2.14. The van der Waals surface area contributed by atoms with Crippen LogP contribution >= 0.6 is 0 Å². The first-order valence-corrected chi connectivity index (χ1v) is 20.3. The number of fused-ring (bicyclic) bond motifs is 5. The zero-order valence-electron chi connectivity index (χ0n) is 33.2. The Balaban J connectivity index is 1.05. The van der Waals surface area contributed by atoms with Crippen molar-refractivity contribution in [2.45, 2.75) is 19.3 Å². The van der Waals surface area contributed by atoms with Gasteiger partial charge in [0.15, 0.2) is 5.84 Å². The topological polar surface area (TPSA) is 36.2 Å². The highest BCUT2D eigenvalue weighted by atomic mass is 14.8. The van der Waals surface area contributed by atoms with Crippen molar-refractivity contribution in [3.8, 4) is 44.5 Å². The summed E-state index contributed by atoms with van der Waals surface area (Å²) in [5.41, 5.74) is 16.0. The summed E-state index contributed by atoms with van der Waals surface area (Å²) < 4.78 is 0. The van der Waals surface area contributed by atoms with Crippen LogP contribution in [0.25, 0.3) is 72.1 Å². The first-order chi connectivity index (χ1) is 28.9. The molecule has 0 atom stereocenters. The molecule has 2 nitrogen and oxygen atoms in total. The average Bonchev–Trinajstić information content (AvgIpc) is 3.53. The highest BCUT2D eigenvalue weighted by Gasteiger charge is 2.35. The SMILES string of the molecule is CC1(C)c2ccccc2-c2ccc(-c3cccc(-c4ccc(/C=C/C(=NC(=N)c5ccccc5)c5ccccc5-c5cccc6ccccc56)c5ccccc45)c3)cc21. The first kappa shape index (κ1) is 36.0. The molecule has 59 heavy (non-hydrogen) atoms. The molecule has 9 aromatic carbocycles. The summed E-state index contributed by atoms with van der Waals surface area (Å²) in [4.78, 5) is 5.04. The molecule has 0 saturated heterocycles. The van der Waals surface area contributed by atoms with Crippen molar-refractivity contribution in [2.24, 2.45) is 4.99 Å². The third kappa shape index (κ3) is 6.49. The van der Waals surface area contributed by atoms with Crippen molar-refractivity contribution in [3.63, 3.8) is 0 Å². The van der Waals surface area contributed by atoms with Gasteiger partial charge in [-0.3, -0.25) is 5.41 Å². The van der Waals surface area contributed by atoms with Crippen LogP contribution in [-0.2, 0) is 5.41 Å². The van der Waals surface area contributed by atoms with E-state index < -0.39 is 0 Å². The molecule has 0 radical (unpaired) electrons. The number of nitrogens with one attached hydrogen (secondary N) is 1. The predicted molar refractivity (Wildman–Crippen MR) is 251 cm³/mol. The van der Waals surface area contributed by atoms with Gasteiger partial charge < -0.3 is 0 Å². The van der Waals surface area contributed by atoms with Crippen LogP contribution in [0.4, 0.5) is 0 Å². The van der Waals surface area contributed by atoms with Crippen LogP contribution in [0.15, 0.2) is 211 Å². The van der Waals surface area contributed by atoms with Gasteiger partial charge in [0.1, 0.15) is 0 Å². The molecule has 1 N–H and O–H groups in total. The number of allylic oxidation sites excluding steroid dienone is 1. The number of amidine groups is 1. The van der Waals surface area contributed by atoms with Crippen molar-refractivity contribution < 1.29 is 0 Å². The second-order valence-electron chi connectivity index (χ2n) is 15.9. The van der Waals surface area contributed by atoms with Crippen molar-refractivity contribution in [3.05, 3.63) is 234 Å². The van der Waals surface area contributed by atoms with Crippen molar-refractivity contribution in [1.29, 1.82) is 5.41 Å². The third-order valence-electron chi connectivity index (χ3n) is 12.0. The average molecular weight is 755 g/mol. The van der Waals surface area contributed by atoms with Gasteiger partial charge in [-0.1, -0.05) is 208 Å².